The van der Waals surface area contributed by atoms with Gasteiger partial charge in [0.15, 0.2) is 0 Å². The number of nitrogens with two attached hydrogens (primary N) is 1. The minimum Gasteiger partial charge on any atom is -0.368 e. The molecule has 2 aliphatic rings. The number of anilines is 3. The molecule has 0 saturated carbocycles. The number of nitrogen functional groups attached to an aromatic ring is 1. The standard InChI is InChI=1S/C18H30N6O/c1-3-22(4-2)15-12-16(21-18(19)20-15)24-11-7-8-14(13-24)17(25)23-9-5-6-10-23/h12,14H,3-11,13H2,1-2H3,(H2,19,20,21). The Hall–Kier alpha value is -2.05. The number of rotatable bonds is 5. The number of piperidine rings is 1. The second-order valence-electron chi connectivity index (χ2n) is 6.93. The van der Waals surface area contributed by atoms with Gasteiger partial charge in [-0.1, -0.05) is 0 Å². The highest BCUT2D eigenvalue weighted by Gasteiger charge is 2.31. The monoisotopic (exact) mass is 346 g/mol. The van der Waals surface area contributed by atoms with Gasteiger partial charge in [0, 0.05) is 45.3 Å². The van der Waals surface area contributed by atoms with E-state index in [9.17, 15) is 4.79 Å². The molecular weight excluding hydrogens is 316 g/mol. The summed E-state index contributed by atoms with van der Waals surface area (Å²) in [7, 11) is 0. The average Bonchev–Trinajstić information content (AvgIpc) is 3.16. The van der Waals surface area contributed by atoms with Crippen LogP contribution in [0.1, 0.15) is 39.5 Å². The van der Waals surface area contributed by atoms with Crippen molar-refractivity contribution in [1.29, 1.82) is 0 Å². The van der Waals surface area contributed by atoms with Gasteiger partial charge in [-0.15, -0.1) is 0 Å². The molecule has 2 saturated heterocycles. The Morgan fingerprint density at radius 1 is 1.20 bits per heavy atom. The summed E-state index contributed by atoms with van der Waals surface area (Å²) in [4.78, 5) is 28.0. The van der Waals surface area contributed by atoms with Crippen LogP contribution in [-0.4, -0.2) is 60.0 Å². The quantitative estimate of drug-likeness (QED) is 0.875. The molecule has 2 fully saturated rings. The first-order valence-corrected chi connectivity index (χ1v) is 9.55. The Labute approximate surface area is 150 Å². The summed E-state index contributed by atoms with van der Waals surface area (Å²) >= 11 is 0. The van der Waals surface area contributed by atoms with Crippen LogP contribution < -0.4 is 15.5 Å². The summed E-state index contributed by atoms with van der Waals surface area (Å²) < 4.78 is 0. The van der Waals surface area contributed by atoms with Crippen molar-refractivity contribution in [3.63, 3.8) is 0 Å². The molecule has 1 unspecified atom stereocenters. The first-order chi connectivity index (χ1) is 12.1. The largest absolute Gasteiger partial charge is 0.368 e. The number of nitrogens with zero attached hydrogens (tertiary/aromatic N) is 5. The van der Waals surface area contributed by atoms with Crippen molar-refractivity contribution in [2.24, 2.45) is 5.92 Å². The van der Waals surface area contributed by atoms with E-state index in [2.05, 4.69) is 33.6 Å². The van der Waals surface area contributed by atoms with Gasteiger partial charge in [-0.3, -0.25) is 4.79 Å². The van der Waals surface area contributed by atoms with Crippen LogP contribution in [0.5, 0.6) is 0 Å². The van der Waals surface area contributed by atoms with E-state index in [4.69, 9.17) is 5.73 Å². The Kier molecular flexibility index (Phi) is 5.60. The number of carbonyl (C=O) groups excluding carboxylic acids is 1. The van der Waals surface area contributed by atoms with Gasteiger partial charge in [-0.2, -0.15) is 9.97 Å². The van der Waals surface area contributed by atoms with E-state index >= 15 is 0 Å². The van der Waals surface area contributed by atoms with Crippen LogP contribution in [0.2, 0.25) is 0 Å². The smallest absolute Gasteiger partial charge is 0.227 e. The first-order valence-electron chi connectivity index (χ1n) is 9.55. The van der Waals surface area contributed by atoms with Crippen LogP contribution in [0.3, 0.4) is 0 Å². The molecule has 138 valence electrons. The Balaban J connectivity index is 1.75. The summed E-state index contributed by atoms with van der Waals surface area (Å²) in [5, 5.41) is 0. The summed E-state index contributed by atoms with van der Waals surface area (Å²) in [6.07, 6.45) is 4.25. The predicted octanol–water partition coefficient (Wildman–Crippen LogP) is 1.74. The van der Waals surface area contributed by atoms with E-state index in [0.29, 0.717) is 11.9 Å². The summed E-state index contributed by atoms with van der Waals surface area (Å²) in [6, 6.07) is 2.01. The van der Waals surface area contributed by atoms with E-state index in [1.807, 2.05) is 11.0 Å². The summed E-state index contributed by atoms with van der Waals surface area (Å²) in [5.41, 5.74) is 5.96. The molecule has 2 N–H and O–H groups in total. The van der Waals surface area contributed by atoms with E-state index < -0.39 is 0 Å². The zero-order valence-electron chi connectivity index (χ0n) is 15.4. The second-order valence-corrected chi connectivity index (χ2v) is 6.93. The maximum atomic E-state index is 12.7. The number of aromatic nitrogens is 2. The van der Waals surface area contributed by atoms with Gasteiger partial charge in [0.25, 0.3) is 0 Å². The van der Waals surface area contributed by atoms with E-state index in [1.165, 1.54) is 0 Å². The third kappa shape index (κ3) is 3.96. The fourth-order valence-electron chi connectivity index (χ4n) is 3.89. The molecule has 1 aromatic rings. The molecule has 25 heavy (non-hydrogen) atoms. The fraction of sp³-hybridized carbons (Fsp3) is 0.722. The van der Waals surface area contributed by atoms with Gasteiger partial charge in [-0.05, 0) is 39.5 Å². The van der Waals surface area contributed by atoms with Crippen molar-refractivity contribution in [3.8, 4) is 0 Å². The van der Waals surface area contributed by atoms with Crippen LogP contribution in [0.4, 0.5) is 17.6 Å². The molecule has 1 amide bonds. The van der Waals surface area contributed by atoms with Gasteiger partial charge >= 0.3 is 0 Å². The lowest BCUT2D eigenvalue weighted by molar-refractivity contribution is -0.134. The molecule has 0 aliphatic carbocycles. The van der Waals surface area contributed by atoms with E-state index in [1.54, 1.807) is 0 Å². The van der Waals surface area contributed by atoms with Crippen LogP contribution in [0.15, 0.2) is 6.07 Å². The van der Waals surface area contributed by atoms with Gasteiger partial charge in [-0.25, -0.2) is 0 Å². The predicted molar refractivity (Wildman–Crippen MR) is 101 cm³/mol. The molecule has 3 rings (SSSR count). The highest BCUT2D eigenvalue weighted by Crippen LogP contribution is 2.27. The molecule has 1 aromatic heterocycles. The molecular formula is C18H30N6O. The Morgan fingerprint density at radius 3 is 2.60 bits per heavy atom. The zero-order valence-corrected chi connectivity index (χ0v) is 15.4. The average molecular weight is 346 g/mol. The highest BCUT2D eigenvalue weighted by atomic mass is 16.2. The topological polar surface area (TPSA) is 78.6 Å². The van der Waals surface area contributed by atoms with Crippen molar-refractivity contribution >= 4 is 23.5 Å². The van der Waals surface area contributed by atoms with Crippen LogP contribution in [0, 0.1) is 5.92 Å². The van der Waals surface area contributed by atoms with E-state index in [-0.39, 0.29) is 5.92 Å². The van der Waals surface area contributed by atoms with Gasteiger partial charge < -0.3 is 20.4 Å². The molecule has 0 aromatic carbocycles. The van der Waals surface area contributed by atoms with Crippen molar-refractivity contribution < 1.29 is 4.79 Å². The van der Waals surface area contributed by atoms with E-state index in [0.717, 1.165) is 76.6 Å². The lowest BCUT2D eigenvalue weighted by atomic mass is 9.96. The highest BCUT2D eigenvalue weighted by molar-refractivity contribution is 5.80. The molecule has 2 aliphatic heterocycles. The van der Waals surface area contributed by atoms with Gasteiger partial charge in [0.2, 0.25) is 11.9 Å². The molecule has 0 radical (unpaired) electrons. The molecule has 7 nitrogen and oxygen atoms in total. The lowest BCUT2D eigenvalue weighted by Gasteiger charge is -2.35. The van der Waals surface area contributed by atoms with Crippen LogP contribution >= 0.6 is 0 Å². The maximum Gasteiger partial charge on any atom is 0.227 e. The third-order valence-corrected chi connectivity index (χ3v) is 5.32. The second kappa shape index (κ2) is 7.89. The van der Waals surface area contributed by atoms with Crippen molar-refractivity contribution in [2.45, 2.75) is 39.5 Å². The van der Waals surface area contributed by atoms with Crippen molar-refractivity contribution in [3.05, 3.63) is 6.07 Å². The van der Waals surface area contributed by atoms with Crippen molar-refractivity contribution in [1.82, 2.24) is 14.9 Å². The molecule has 0 spiro atoms. The van der Waals surface area contributed by atoms with Gasteiger partial charge in [0.05, 0.1) is 5.92 Å². The summed E-state index contributed by atoms with van der Waals surface area (Å²) in [5.74, 6) is 2.38. The fourth-order valence-corrected chi connectivity index (χ4v) is 3.89. The third-order valence-electron chi connectivity index (χ3n) is 5.32. The molecule has 7 heteroatoms. The molecule has 0 bridgehead atoms. The number of hydrogen-bond donors (Lipinski definition) is 1. The molecule has 3 heterocycles. The maximum absolute atomic E-state index is 12.7. The lowest BCUT2D eigenvalue weighted by Crippen LogP contribution is -2.44. The molecule has 1 atom stereocenters. The number of carbonyl (C=O) groups is 1. The van der Waals surface area contributed by atoms with Gasteiger partial charge in [0.1, 0.15) is 11.6 Å². The SMILES string of the molecule is CCN(CC)c1cc(N2CCCC(C(=O)N3CCCC3)C2)nc(N)n1. The number of amides is 1. The Bertz CT molecular complexity index is 597. The number of hydrogen-bond acceptors (Lipinski definition) is 6. The first kappa shape index (κ1) is 17.8. The van der Waals surface area contributed by atoms with Crippen LogP contribution in [-0.2, 0) is 4.79 Å². The normalized spacial score (nSPS) is 20.8. The van der Waals surface area contributed by atoms with Crippen LogP contribution in [0.25, 0.3) is 0 Å². The zero-order chi connectivity index (χ0) is 17.8. The van der Waals surface area contributed by atoms with Crippen molar-refractivity contribution in [2.75, 3.05) is 54.8 Å². The Morgan fingerprint density at radius 2 is 1.92 bits per heavy atom. The minimum atomic E-state index is 0.0694. The number of likely N-dealkylation sites (tertiary alicyclic amines) is 1. The minimum absolute atomic E-state index is 0.0694. The summed E-state index contributed by atoms with van der Waals surface area (Å²) in [6.45, 7) is 9.44.